The van der Waals surface area contributed by atoms with Crippen molar-refractivity contribution in [2.45, 2.75) is 31.7 Å². The number of hydrogen-bond donors (Lipinski definition) is 2. The summed E-state index contributed by atoms with van der Waals surface area (Å²) in [5.74, 6) is 1.55. The molecule has 4 nitrogen and oxygen atoms in total. The number of anilines is 1. The molecule has 2 aliphatic rings. The highest BCUT2D eigenvalue weighted by Crippen LogP contribution is 2.34. The standard InChI is InChI=1S/C23H30N2O2/c26-15-16-27-23-8-4-2-6-19(23)9-10-20-17-24-13-11-22(20)25-14-12-18-5-1-3-7-21(18)25/h1-8,20,22,24,26H,9-17H2. The van der Waals surface area contributed by atoms with Crippen LogP contribution in [0.1, 0.15) is 24.0 Å². The van der Waals surface area contributed by atoms with Gasteiger partial charge in [-0.15, -0.1) is 0 Å². The Morgan fingerprint density at radius 3 is 2.89 bits per heavy atom. The van der Waals surface area contributed by atoms with E-state index in [-0.39, 0.29) is 6.61 Å². The smallest absolute Gasteiger partial charge is 0.122 e. The zero-order chi connectivity index (χ0) is 18.5. The number of hydrogen-bond acceptors (Lipinski definition) is 4. The number of nitrogens with one attached hydrogen (secondary N) is 1. The number of nitrogens with zero attached hydrogens (tertiary/aromatic N) is 1. The maximum absolute atomic E-state index is 9.05. The fraction of sp³-hybridized carbons (Fsp3) is 0.478. The van der Waals surface area contributed by atoms with Gasteiger partial charge in [0.05, 0.1) is 6.61 Å². The third-order valence-electron chi connectivity index (χ3n) is 6.00. The SMILES string of the molecule is OCCOc1ccccc1CCC1CNCCC1N1CCc2ccccc21. The molecule has 0 amide bonds. The Bertz CT molecular complexity index is 749. The van der Waals surface area contributed by atoms with Gasteiger partial charge in [-0.1, -0.05) is 36.4 Å². The lowest BCUT2D eigenvalue weighted by Gasteiger charge is -2.40. The van der Waals surface area contributed by atoms with Crippen LogP contribution in [0.4, 0.5) is 5.69 Å². The Kier molecular flexibility index (Phi) is 5.95. The summed E-state index contributed by atoms with van der Waals surface area (Å²) in [6.07, 6.45) is 4.54. The molecule has 4 rings (SSSR count). The van der Waals surface area contributed by atoms with E-state index in [0.29, 0.717) is 18.6 Å². The Morgan fingerprint density at radius 1 is 1.11 bits per heavy atom. The molecule has 0 saturated carbocycles. The first-order chi connectivity index (χ1) is 13.4. The summed E-state index contributed by atoms with van der Waals surface area (Å²) in [6.45, 7) is 3.75. The lowest BCUT2D eigenvalue weighted by atomic mass is 9.86. The molecule has 2 atom stereocenters. The second-order valence-corrected chi connectivity index (χ2v) is 7.61. The zero-order valence-corrected chi connectivity index (χ0v) is 15.9. The van der Waals surface area contributed by atoms with Crippen molar-refractivity contribution in [1.29, 1.82) is 0 Å². The van der Waals surface area contributed by atoms with E-state index in [9.17, 15) is 0 Å². The first kappa shape index (κ1) is 18.3. The van der Waals surface area contributed by atoms with Gasteiger partial charge in [0.15, 0.2) is 0 Å². The Balaban J connectivity index is 1.45. The molecule has 2 aliphatic heterocycles. The van der Waals surface area contributed by atoms with Crippen LogP contribution in [0.3, 0.4) is 0 Å². The number of fused-ring (bicyclic) bond motifs is 1. The van der Waals surface area contributed by atoms with Gasteiger partial charge in [-0.2, -0.15) is 0 Å². The van der Waals surface area contributed by atoms with Gasteiger partial charge in [-0.25, -0.2) is 0 Å². The fourth-order valence-electron chi connectivity index (χ4n) is 4.67. The van der Waals surface area contributed by atoms with E-state index in [1.165, 1.54) is 29.7 Å². The predicted molar refractivity (Wildman–Crippen MR) is 110 cm³/mol. The van der Waals surface area contributed by atoms with Gasteiger partial charge < -0.3 is 20.1 Å². The molecule has 2 N–H and O–H groups in total. The molecule has 4 heteroatoms. The molecule has 0 radical (unpaired) electrons. The topological polar surface area (TPSA) is 44.7 Å². The second kappa shape index (κ2) is 8.77. The minimum Gasteiger partial charge on any atom is -0.491 e. The van der Waals surface area contributed by atoms with Gasteiger partial charge in [0, 0.05) is 18.3 Å². The van der Waals surface area contributed by atoms with E-state index in [2.05, 4.69) is 46.6 Å². The lowest BCUT2D eigenvalue weighted by molar-refractivity contribution is 0.200. The number of benzene rings is 2. The van der Waals surface area contributed by atoms with Crippen LogP contribution >= 0.6 is 0 Å². The molecule has 2 aromatic carbocycles. The largest absolute Gasteiger partial charge is 0.491 e. The number of piperidine rings is 1. The van der Waals surface area contributed by atoms with Gasteiger partial charge in [0.25, 0.3) is 0 Å². The van der Waals surface area contributed by atoms with Crippen LogP contribution in [0.2, 0.25) is 0 Å². The first-order valence-corrected chi connectivity index (χ1v) is 10.2. The van der Waals surface area contributed by atoms with Crippen LogP contribution in [0.5, 0.6) is 5.75 Å². The summed E-state index contributed by atoms with van der Waals surface area (Å²) in [7, 11) is 0. The monoisotopic (exact) mass is 366 g/mol. The predicted octanol–water partition coefficient (Wildman–Crippen LogP) is 3.03. The van der Waals surface area contributed by atoms with Crippen molar-refractivity contribution in [3.8, 4) is 5.75 Å². The van der Waals surface area contributed by atoms with E-state index in [4.69, 9.17) is 9.84 Å². The number of rotatable bonds is 7. The lowest BCUT2D eigenvalue weighted by Crippen LogP contribution is -2.49. The number of ether oxygens (including phenoxy) is 1. The third kappa shape index (κ3) is 4.12. The van der Waals surface area contributed by atoms with Crippen molar-refractivity contribution < 1.29 is 9.84 Å². The van der Waals surface area contributed by atoms with Crippen molar-refractivity contribution in [3.05, 3.63) is 59.7 Å². The van der Waals surface area contributed by atoms with Crippen LogP contribution in [0.25, 0.3) is 0 Å². The molecule has 144 valence electrons. The third-order valence-corrected chi connectivity index (χ3v) is 6.00. The van der Waals surface area contributed by atoms with E-state index in [1.54, 1.807) is 0 Å². The minimum atomic E-state index is 0.0529. The zero-order valence-electron chi connectivity index (χ0n) is 15.9. The first-order valence-electron chi connectivity index (χ1n) is 10.2. The maximum Gasteiger partial charge on any atom is 0.122 e. The molecule has 0 aliphatic carbocycles. The molecule has 2 unspecified atom stereocenters. The number of para-hydroxylation sites is 2. The Labute approximate surface area is 162 Å². The van der Waals surface area contributed by atoms with E-state index < -0.39 is 0 Å². The van der Waals surface area contributed by atoms with Crippen molar-refractivity contribution in [2.75, 3.05) is 37.7 Å². The van der Waals surface area contributed by atoms with Gasteiger partial charge in [-0.3, -0.25) is 0 Å². The summed E-state index contributed by atoms with van der Waals surface area (Å²) in [5.41, 5.74) is 4.19. The normalized spacial score (nSPS) is 21.9. The molecule has 27 heavy (non-hydrogen) atoms. The fourth-order valence-corrected chi connectivity index (χ4v) is 4.67. The maximum atomic E-state index is 9.05. The summed E-state index contributed by atoms with van der Waals surface area (Å²) < 4.78 is 5.72. The van der Waals surface area contributed by atoms with Gasteiger partial charge >= 0.3 is 0 Å². The van der Waals surface area contributed by atoms with Gasteiger partial charge in [0.2, 0.25) is 0 Å². The summed E-state index contributed by atoms with van der Waals surface area (Å²) >= 11 is 0. The van der Waals surface area contributed by atoms with Gasteiger partial charge in [-0.05, 0) is 68.0 Å². The second-order valence-electron chi connectivity index (χ2n) is 7.61. The summed E-state index contributed by atoms with van der Waals surface area (Å²) in [6, 6.07) is 17.8. The highest BCUT2D eigenvalue weighted by molar-refractivity contribution is 5.58. The van der Waals surface area contributed by atoms with Crippen molar-refractivity contribution in [2.24, 2.45) is 5.92 Å². The Hall–Kier alpha value is -2.04. The summed E-state index contributed by atoms with van der Waals surface area (Å²) in [4.78, 5) is 2.66. The van der Waals surface area contributed by atoms with Crippen LogP contribution in [-0.4, -0.2) is 44.0 Å². The average Bonchev–Trinajstić information content (AvgIpc) is 3.15. The number of aryl methyl sites for hydroxylation is 1. The molecule has 0 aromatic heterocycles. The van der Waals surface area contributed by atoms with Crippen LogP contribution < -0.4 is 15.0 Å². The molecule has 1 saturated heterocycles. The molecule has 2 aromatic rings. The minimum absolute atomic E-state index is 0.0529. The van der Waals surface area contributed by atoms with Gasteiger partial charge in [0.1, 0.15) is 12.4 Å². The van der Waals surface area contributed by atoms with E-state index in [0.717, 1.165) is 38.2 Å². The van der Waals surface area contributed by atoms with Crippen molar-refractivity contribution in [1.82, 2.24) is 5.32 Å². The van der Waals surface area contributed by atoms with Crippen LogP contribution in [0.15, 0.2) is 48.5 Å². The van der Waals surface area contributed by atoms with E-state index in [1.807, 2.05) is 12.1 Å². The molecule has 2 heterocycles. The average molecular weight is 367 g/mol. The van der Waals surface area contributed by atoms with Crippen molar-refractivity contribution in [3.63, 3.8) is 0 Å². The molecular weight excluding hydrogens is 336 g/mol. The van der Waals surface area contributed by atoms with Crippen LogP contribution in [0, 0.1) is 5.92 Å². The van der Waals surface area contributed by atoms with E-state index >= 15 is 0 Å². The number of aliphatic hydroxyl groups excluding tert-OH is 1. The summed E-state index contributed by atoms with van der Waals surface area (Å²) in [5, 5.41) is 12.7. The molecule has 1 fully saturated rings. The quantitative estimate of drug-likeness (QED) is 0.791. The van der Waals surface area contributed by atoms with Crippen molar-refractivity contribution >= 4 is 5.69 Å². The molecular formula is C23H30N2O2. The highest BCUT2D eigenvalue weighted by Gasteiger charge is 2.33. The number of aliphatic hydroxyl groups is 1. The molecule has 0 bridgehead atoms. The Morgan fingerprint density at radius 2 is 1.96 bits per heavy atom. The molecule has 0 spiro atoms. The highest BCUT2D eigenvalue weighted by atomic mass is 16.5. The van der Waals surface area contributed by atoms with Crippen LogP contribution in [-0.2, 0) is 12.8 Å².